The third-order valence-corrected chi connectivity index (χ3v) is 7.83. The summed E-state index contributed by atoms with van der Waals surface area (Å²) in [5, 5.41) is 13.8. The zero-order valence-corrected chi connectivity index (χ0v) is 22.5. The van der Waals surface area contributed by atoms with Crippen molar-refractivity contribution in [1.29, 1.82) is 0 Å². The maximum Gasteiger partial charge on any atom is 0.267 e. The third kappa shape index (κ3) is 5.00. The zero-order valence-electron chi connectivity index (χ0n) is 20.9. The Morgan fingerprint density at radius 1 is 1.03 bits per heavy atom. The molecule has 2 aromatic heterocycles. The largest absolute Gasteiger partial charge is 0.387 e. The minimum Gasteiger partial charge on any atom is -0.387 e. The number of aryl methyl sites for hydroxylation is 1. The van der Waals surface area contributed by atoms with Gasteiger partial charge in [-0.3, -0.25) is 18.9 Å². The number of hydrogen-bond acceptors (Lipinski definition) is 7. The van der Waals surface area contributed by atoms with Crippen molar-refractivity contribution in [3.05, 3.63) is 117 Å². The fraction of sp³-hybridized carbons (Fsp3) is 0.172. The molecule has 0 spiro atoms. The normalized spacial score (nSPS) is 16.3. The molecule has 1 aliphatic rings. The summed E-state index contributed by atoms with van der Waals surface area (Å²) in [4.78, 5) is 33.8. The number of aliphatic hydroxyl groups is 1. The monoisotopic (exact) mass is 542 g/mol. The summed E-state index contributed by atoms with van der Waals surface area (Å²) in [6, 6.07) is 22.3. The number of hydrogen-bond donors (Lipinski definition) is 2. The van der Waals surface area contributed by atoms with Gasteiger partial charge in [0.25, 0.3) is 11.5 Å². The van der Waals surface area contributed by atoms with E-state index in [1.54, 1.807) is 23.2 Å². The van der Waals surface area contributed by atoms with Gasteiger partial charge in [0, 0.05) is 12.7 Å². The Hall–Kier alpha value is -3.79. The number of fused-ring (bicyclic) bond motifs is 1. The van der Waals surface area contributed by atoms with Crippen LogP contribution in [0.3, 0.4) is 0 Å². The zero-order chi connectivity index (χ0) is 26.8. The minimum atomic E-state index is -0.814. The predicted molar refractivity (Wildman–Crippen MR) is 156 cm³/mol. The van der Waals surface area contributed by atoms with E-state index in [-0.39, 0.29) is 29.6 Å². The first-order valence-electron chi connectivity index (χ1n) is 12.2. The summed E-state index contributed by atoms with van der Waals surface area (Å²) in [5.41, 5.74) is 2.93. The molecule has 0 radical (unpaired) electrons. The number of nitrogens with zero attached hydrogens (tertiary/aromatic N) is 3. The molecule has 1 aliphatic heterocycles. The highest BCUT2D eigenvalue weighted by molar-refractivity contribution is 8.26. The number of carbonyl (C=O) groups is 1. The molecular formula is C29H26N4O3S2. The molecule has 2 unspecified atom stereocenters. The van der Waals surface area contributed by atoms with Crippen molar-refractivity contribution in [2.24, 2.45) is 0 Å². The first-order chi connectivity index (χ1) is 18.3. The molecular weight excluding hydrogens is 516 g/mol. The van der Waals surface area contributed by atoms with Crippen molar-refractivity contribution in [3.8, 4) is 0 Å². The van der Waals surface area contributed by atoms with Crippen molar-refractivity contribution in [3.63, 3.8) is 0 Å². The van der Waals surface area contributed by atoms with Crippen LogP contribution in [0.2, 0.25) is 0 Å². The molecule has 2 atom stereocenters. The predicted octanol–water partition coefficient (Wildman–Crippen LogP) is 5.11. The average Bonchev–Trinajstić information content (AvgIpc) is 3.22. The van der Waals surface area contributed by atoms with Gasteiger partial charge in [-0.15, -0.1) is 0 Å². The molecule has 3 heterocycles. The van der Waals surface area contributed by atoms with E-state index in [4.69, 9.17) is 17.2 Å². The molecule has 1 saturated heterocycles. The second kappa shape index (κ2) is 10.9. The van der Waals surface area contributed by atoms with Gasteiger partial charge >= 0.3 is 0 Å². The van der Waals surface area contributed by atoms with Crippen molar-refractivity contribution < 1.29 is 9.90 Å². The van der Waals surface area contributed by atoms with Gasteiger partial charge in [0.2, 0.25) is 0 Å². The van der Waals surface area contributed by atoms with Crippen LogP contribution < -0.4 is 10.9 Å². The van der Waals surface area contributed by atoms with Crippen LogP contribution in [-0.4, -0.2) is 36.2 Å². The van der Waals surface area contributed by atoms with E-state index >= 15 is 0 Å². The average molecular weight is 543 g/mol. The lowest BCUT2D eigenvalue weighted by atomic mass is 10.1. The standard InChI is InChI=1S/C29H26N4O3S2/c1-18-10-9-15-32-26(18)31-25(30-17-23(34)21-13-7-4-8-14-21)22(27(32)35)16-24-28(36)33(29(37)38-24)19(2)20-11-5-3-6-12-20/h3-16,19,23,30,34H,17H2,1-2H3. The summed E-state index contributed by atoms with van der Waals surface area (Å²) in [7, 11) is 0. The number of carbonyl (C=O) groups excluding carboxylic acids is 1. The van der Waals surface area contributed by atoms with Gasteiger partial charge in [-0.1, -0.05) is 90.7 Å². The van der Waals surface area contributed by atoms with Gasteiger partial charge in [0.15, 0.2) is 0 Å². The molecule has 4 aromatic rings. The Labute approximate surface area is 229 Å². The number of rotatable bonds is 7. The lowest BCUT2D eigenvalue weighted by Gasteiger charge is -2.23. The number of benzene rings is 2. The van der Waals surface area contributed by atoms with E-state index in [1.165, 1.54) is 4.40 Å². The van der Waals surface area contributed by atoms with E-state index < -0.39 is 6.10 Å². The van der Waals surface area contributed by atoms with E-state index in [1.807, 2.05) is 80.6 Å². The van der Waals surface area contributed by atoms with Crippen LogP contribution in [0.4, 0.5) is 5.82 Å². The molecule has 0 aliphatic carbocycles. The number of anilines is 1. The number of aromatic nitrogens is 2. The molecule has 192 valence electrons. The fourth-order valence-electron chi connectivity index (χ4n) is 4.39. The third-order valence-electron chi connectivity index (χ3n) is 6.50. The summed E-state index contributed by atoms with van der Waals surface area (Å²) in [5.74, 6) is 0.0287. The molecule has 0 saturated carbocycles. The highest BCUT2D eigenvalue weighted by Gasteiger charge is 2.36. The van der Waals surface area contributed by atoms with Gasteiger partial charge in [-0.25, -0.2) is 4.98 Å². The van der Waals surface area contributed by atoms with Crippen LogP contribution in [0.1, 0.15) is 41.3 Å². The first kappa shape index (κ1) is 25.8. The molecule has 38 heavy (non-hydrogen) atoms. The molecule has 5 rings (SSSR count). The Balaban J connectivity index is 1.53. The number of amides is 1. The Morgan fingerprint density at radius 3 is 2.37 bits per heavy atom. The summed E-state index contributed by atoms with van der Waals surface area (Å²) >= 11 is 6.73. The van der Waals surface area contributed by atoms with Gasteiger partial charge in [-0.2, -0.15) is 0 Å². The van der Waals surface area contributed by atoms with Crippen LogP contribution in [-0.2, 0) is 4.79 Å². The van der Waals surface area contributed by atoms with Gasteiger partial charge in [0.05, 0.1) is 22.6 Å². The van der Waals surface area contributed by atoms with Crippen LogP contribution in [0.25, 0.3) is 11.7 Å². The molecule has 1 amide bonds. The molecule has 9 heteroatoms. The van der Waals surface area contributed by atoms with Crippen LogP contribution >= 0.6 is 24.0 Å². The van der Waals surface area contributed by atoms with Gasteiger partial charge in [-0.05, 0) is 42.7 Å². The van der Waals surface area contributed by atoms with Crippen LogP contribution in [0.15, 0.2) is 88.7 Å². The van der Waals surface area contributed by atoms with Crippen molar-refractivity contribution in [2.45, 2.75) is 26.0 Å². The van der Waals surface area contributed by atoms with E-state index in [2.05, 4.69) is 5.32 Å². The van der Waals surface area contributed by atoms with Crippen LogP contribution in [0.5, 0.6) is 0 Å². The number of aliphatic hydroxyl groups excluding tert-OH is 1. The summed E-state index contributed by atoms with van der Waals surface area (Å²) in [6.45, 7) is 3.93. The summed E-state index contributed by atoms with van der Waals surface area (Å²) < 4.78 is 1.89. The Morgan fingerprint density at radius 2 is 1.68 bits per heavy atom. The van der Waals surface area contributed by atoms with Gasteiger partial charge < -0.3 is 10.4 Å². The molecule has 2 N–H and O–H groups in total. The number of thiocarbonyl (C=S) groups is 1. The number of nitrogens with one attached hydrogen (secondary N) is 1. The first-order valence-corrected chi connectivity index (χ1v) is 13.4. The SMILES string of the molecule is Cc1cccn2c(=O)c(C=C3SC(=S)N(C(C)c4ccccc4)C3=O)c(NCC(O)c3ccccc3)nc12. The van der Waals surface area contributed by atoms with Crippen molar-refractivity contribution >= 4 is 51.7 Å². The quantitative estimate of drug-likeness (QED) is 0.248. The van der Waals surface area contributed by atoms with Crippen molar-refractivity contribution in [2.75, 3.05) is 11.9 Å². The highest BCUT2D eigenvalue weighted by Crippen LogP contribution is 2.38. The second-order valence-electron chi connectivity index (χ2n) is 9.01. The number of pyridine rings is 1. The topological polar surface area (TPSA) is 86.9 Å². The Bertz CT molecular complexity index is 1600. The smallest absolute Gasteiger partial charge is 0.267 e. The van der Waals surface area contributed by atoms with E-state index in [9.17, 15) is 14.7 Å². The molecule has 0 bridgehead atoms. The van der Waals surface area contributed by atoms with E-state index in [0.29, 0.717) is 20.7 Å². The molecule has 1 fully saturated rings. The Kier molecular flexibility index (Phi) is 7.42. The minimum absolute atomic E-state index is 0.130. The molecule has 2 aromatic carbocycles. The lowest BCUT2D eigenvalue weighted by Crippen LogP contribution is -2.31. The number of thioether (sulfide) groups is 1. The van der Waals surface area contributed by atoms with Gasteiger partial charge in [0.1, 0.15) is 15.8 Å². The maximum atomic E-state index is 13.6. The van der Waals surface area contributed by atoms with E-state index in [0.717, 1.165) is 28.5 Å². The maximum absolute atomic E-state index is 13.6. The fourth-order valence-corrected chi connectivity index (χ4v) is 5.79. The molecule has 7 nitrogen and oxygen atoms in total. The summed E-state index contributed by atoms with van der Waals surface area (Å²) in [6.07, 6.45) is 2.39. The lowest BCUT2D eigenvalue weighted by molar-refractivity contribution is -0.123. The second-order valence-corrected chi connectivity index (χ2v) is 10.7. The van der Waals surface area contributed by atoms with Crippen LogP contribution in [0, 0.1) is 6.92 Å². The highest BCUT2D eigenvalue weighted by atomic mass is 32.2. The van der Waals surface area contributed by atoms with Crippen molar-refractivity contribution in [1.82, 2.24) is 14.3 Å².